The van der Waals surface area contributed by atoms with Gasteiger partial charge in [-0.25, -0.2) is 0 Å². The molecule has 2 aromatic rings. The Hall–Kier alpha value is -2.34. The Morgan fingerprint density at radius 2 is 1.59 bits per heavy atom. The van der Waals surface area contributed by atoms with Crippen LogP contribution in [0.5, 0.6) is 5.75 Å². The highest BCUT2D eigenvalue weighted by atomic mass is 32.2. The third-order valence-electron chi connectivity index (χ3n) is 3.16. The van der Waals surface area contributed by atoms with Gasteiger partial charge in [0.1, 0.15) is 10.6 Å². The smallest absolute Gasteiger partial charge is 0.339 e. The minimum atomic E-state index is -4.03. The summed E-state index contributed by atoms with van der Waals surface area (Å²) in [6, 6.07) is 9.32. The first-order valence-electron chi connectivity index (χ1n) is 6.62. The number of nitrogens with two attached hydrogens (primary N) is 1. The summed E-state index contributed by atoms with van der Waals surface area (Å²) >= 11 is 0. The summed E-state index contributed by atoms with van der Waals surface area (Å²) in [5, 5.41) is 0. The summed E-state index contributed by atoms with van der Waals surface area (Å²) in [6.45, 7) is 5.38. The van der Waals surface area contributed by atoms with Crippen LogP contribution in [-0.4, -0.2) is 14.3 Å². The predicted molar refractivity (Wildman–Crippen MR) is 83.4 cm³/mol. The lowest BCUT2D eigenvalue weighted by Gasteiger charge is -2.10. The molecule has 0 unspecified atom stereocenters. The summed E-state index contributed by atoms with van der Waals surface area (Å²) in [5.74, 6) is -0.445. The third-order valence-corrected chi connectivity index (χ3v) is 4.41. The van der Waals surface area contributed by atoms with Crippen molar-refractivity contribution in [3.63, 3.8) is 0 Å². The normalized spacial score (nSPS) is 11.2. The van der Waals surface area contributed by atoms with Crippen LogP contribution in [0.2, 0.25) is 0 Å². The highest BCUT2D eigenvalue weighted by Crippen LogP contribution is 2.23. The molecule has 0 spiro atoms. The molecule has 2 rings (SSSR count). The van der Waals surface area contributed by atoms with E-state index in [0.29, 0.717) is 5.56 Å². The zero-order valence-electron chi connectivity index (χ0n) is 12.6. The average molecular weight is 319 g/mol. The fourth-order valence-electron chi connectivity index (χ4n) is 2.18. The van der Waals surface area contributed by atoms with Gasteiger partial charge in [-0.15, -0.1) is 0 Å². The van der Waals surface area contributed by atoms with E-state index in [1.165, 1.54) is 18.2 Å². The number of rotatable bonds is 4. The maximum atomic E-state index is 12.3. The SMILES string of the molecule is Cc1cc(C)cc(OS(=O)(=O)c2ccc(C)c(C(N)=O)c2)c1. The van der Waals surface area contributed by atoms with Crippen molar-refractivity contribution in [2.75, 3.05) is 0 Å². The highest BCUT2D eigenvalue weighted by molar-refractivity contribution is 7.87. The highest BCUT2D eigenvalue weighted by Gasteiger charge is 2.19. The number of benzene rings is 2. The molecule has 2 N–H and O–H groups in total. The van der Waals surface area contributed by atoms with E-state index >= 15 is 0 Å². The van der Waals surface area contributed by atoms with E-state index in [1.54, 1.807) is 19.1 Å². The Morgan fingerprint density at radius 3 is 2.14 bits per heavy atom. The van der Waals surface area contributed by atoms with Gasteiger partial charge in [-0.2, -0.15) is 8.42 Å². The Bertz CT molecular complexity index is 821. The van der Waals surface area contributed by atoms with E-state index in [0.717, 1.165) is 11.1 Å². The van der Waals surface area contributed by atoms with Crippen molar-refractivity contribution >= 4 is 16.0 Å². The molecule has 2 aromatic carbocycles. The number of hydrogen-bond donors (Lipinski definition) is 1. The van der Waals surface area contributed by atoms with Gasteiger partial charge >= 0.3 is 10.1 Å². The molecule has 5 nitrogen and oxygen atoms in total. The molecule has 0 aliphatic carbocycles. The fraction of sp³-hybridized carbons (Fsp3) is 0.188. The minimum absolute atomic E-state index is 0.106. The Balaban J connectivity index is 2.42. The zero-order chi connectivity index (χ0) is 16.5. The van der Waals surface area contributed by atoms with Crippen molar-refractivity contribution in [1.82, 2.24) is 0 Å². The summed E-state index contributed by atoms with van der Waals surface area (Å²) in [6.07, 6.45) is 0. The quantitative estimate of drug-likeness (QED) is 0.877. The van der Waals surface area contributed by atoms with Crippen molar-refractivity contribution in [1.29, 1.82) is 0 Å². The second kappa shape index (κ2) is 5.81. The van der Waals surface area contributed by atoms with Crippen LogP contribution in [0.25, 0.3) is 0 Å². The van der Waals surface area contributed by atoms with Crippen molar-refractivity contribution in [3.8, 4) is 5.75 Å². The molecule has 116 valence electrons. The Kier molecular flexibility index (Phi) is 4.23. The van der Waals surface area contributed by atoms with Gasteiger partial charge in [-0.1, -0.05) is 12.1 Å². The molecular weight excluding hydrogens is 302 g/mol. The monoisotopic (exact) mass is 319 g/mol. The summed E-state index contributed by atoms with van der Waals surface area (Å²) in [7, 11) is -4.03. The van der Waals surface area contributed by atoms with Crippen molar-refractivity contribution in [2.45, 2.75) is 25.7 Å². The molecule has 0 atom stereocenters. The van der Waals surface area contributed by atoms with Crippen LogP contribution in [0.3, 0.4) is 0 Å². The lowest BCUT2D eigenvalue weighted by Crippen LogP contribution is -2.15. The second-order valence-corrected chi connectivity index (χ2v) is 6.75. The third kappa shape index (κ3) is 3.46. The van der Waals surface area contributed by atoms with Crippen molar-refractivity contribution < 1.29 is 17.4 Å². The minimum Gasteiger partial charge on any atom is -0.379 e. The number of amides is 1. The van der Waals surface area contributed by atoms with Gasteiger partial charge in [-0.05, 0) is 61.7 Å². The topological polar surface area (TPSA) is 86.5 Å². The van der Waals surface area contributed by atoms with Crippen LogP contribution >= 0.6 is 0 Å². The van der Waals surface area contributed by atoms with E-state index in [2.05, 4.69) is 0 Å². The molecule has 22 heavy (non-hydrogen) atoms. The van der Waals surface area contributed by atoms with E-state index in [1.807, 2.05) is 19.9 Å². The standard InChI is InChI=1S/C16H17NO4S/c1-10-6-11(2)8-13(7-10)21-22(19,20)14-5-4-12(3)15(9-14)16(17)18/h4-9H,1-3H3,(H2,17,18). The van der Waals surface area contributed by atoms with Crippen LogP contribution < -0.4 is 9.92 Å². The number of hydrogen-bond acceptors (Lipinski definition) is 4. The first-order valence-corrected chi connectivity index (χ1v) is 8.03. The molecule has 0 aliphatic rings. The first-order chi connectivity index (χ1) is 10.2. The fourth-order valence-corrected chi connectivity index (χ4v) is 3.12. The van der Waals surface area contributed by atoms with Gasteiger partial charge in [0.2, 0.25) is 5.91 Å². The number of carbonyl (C=O) groups is 1. The number of aryl methyl sites for hydroxylation is 3. The Morgan fingerprint density at radius 1 is 1.00 bits per heavy atom. The summed E-state index contributed by atoms with van der Waals surface area (Å²) in [4.78, 5) is 11.2. The van der Waals surface area contributed by atoms with Gasteiger partial charge in [0.25, 0.3) is 0 Å². The molecule has 0 heterocycles. The maximum absolute atomic E-state index is 12.3. The molecule has 0 bridgehead atoms. The van der Waals surface area contributed by atoms with Gasteiger partial charge < -0.3 is 9.92 Å². The van der Waals surface area contributed by atoms with Gasteiger partial charge in [0.05, 0.1) is 0 Å². The zero-order valence-corrected chi connectivity index (χ0v) is 13.4. The summed E-state index contributed by atoms with van der Waals surface area (Å²) < 4.78 is 29.8. The van der Waals surface area contributed by atoms with Crippen LogP contribution in [-0.2, 0) is 10.1 Å². The largest absolute Gasteiger partial charge is 0.379 e. The van der Waals surface area contributed by atoms with Crippen molar-refractivity contribution in [3.05, 3.63) is 58.7 Å². The first kappa shape index (κ1) is 16.0. The molecule has 0 fully saturated rings. The van der Waals surface area contributed by atoms with Crippen LogP contribution in [0.4, 0.5) is 0 Å². The van der Waals surface area contributed by atoms with Gasteiger partial charge in [0, 0.05) is 5.56 Å². The van der Waals surface area contributed by atoms with Crippen LogP contribution in [0.15, 0.2) is 41.3 Å². The molecule has 1 amide bonds. The van der Waals surface area contributed by atoms with E-state index in [4.69, 9.17) is 9.92 Å². The number of carbonyl (C=O) groups excluding carboxylic acids is 1. The van der Waals surface area contributed by atoms with Crippen molar-refractivity contribution in [2.24, 2.45) is 5.73 Å². The molecule has 0 aliphatic heterocycles. The van der Waals surface area contributed by atoms with Crippen LogP contribution in [0, 0.1) is 20.8 Å². The van der Waals surface area contributed by atoms with Gasteiger partial charge in [0.15, 0.2) is 0 Å². The molecule has 0 radical (unpaired) electrons. The van der Waals surface area contributed by atoms with Gasteiger partial charge in [-0.3, -0.25) is 4.79 Å². The molecule has 0 aromatic heterocycles. The summed E-state index contributed by atoms with van der Waals surface area (Å²) in [5.41, 5.74) is 7.80. The van der Waals surface area contributed by atoms with E-state index in [9.17, 15) is 13.2 Å². The molecule has 0 saturated heterocycles. The lowest BCUT2D eigenvalue weighted by molar-refractivity contribution is 0.0999. The van der Waals surface area contributed by atoms with E-state index < -0.39 is 16.0 Å². The predicted octanol–water partition coefficient (Wildman–Crippen LogP) is 2.48. The molecular formula is C16H17NO4S. The molecule has 0 saturated carbocycles. The van der Waals surface area contributed by atoms with Crippen LogP contribution in [0.1, 0.15) is 27.0 Å². The number of primary amides is 1. The maximum Gasteiger partial charge on any atom is 0.339 e. The van der Waals surface area contributed by atoms with E-state index in [-0.39, 0.29) is 16.2 Å². The second-order valence-electron chi connectivity index (χ2n) is 5.20. The lowest BCUT2D eigenvalue weighted by atomic mass is 10.1. The molecule has 6 heteroatoms. The average Bonchev–Trinajstić information content (AvgIpc) is 2.36. The Labute approximate surface area is 129 Å².